The van der Waals surface area contributed by atoms with Crippen molar-refractivity contribution in [2.24, 2.45) is 0 Å². The predicted octanol–water partition coefficient (Wildman–Crippen LogP) is 2.34. The molecular weight excluding hydrogens is 339 g/mol. The van der Waals surface area contributed by atoms with E-state index in [1.54, 1.807) is 43.3 Å². The number of carbonyl (C=O) groups excluding carboxylic acids is 3. The number of ether oxygens (including phenoxy) is 1. The van der Waals surface area contributed by atoms with Gasteiger partial charge in [-0.3, -0.25) is 14.5 Å². The van der Waals surface area contributed by atoms with Gasteiger partial charge in [-0.15, -0.1) is 0 Å². The number of imide groups is 1. The fraction of sp³-hybridized carbons (Fsp3) is 0.211. The summed E-state index contributed by atoms with van der Waals surface area (Å²) in [6, 6.07) is 13.7. The molecule has 0 aromatic heterocycles. The standard InChI is InChI=1S/C19H17FN2O4/c1-19(14-7-3-2-4-8-14)17(24)22(18(25)21-19)11-16(23)26-12-13-6-5-9-15(20)10-13/h2-10H,11-12H2,1H3,(H,21,25)/t19-/m0/s1. The topological polar surface area (TPSA) is 75.7 Å². The molecule has 0 unspecified atom stereocenters. The lowest BCUT2D eigenvalue weighted by molar-refractivity contribution is -0.148. The van der Waals surface area contributed by atoms with Crippen LogP contribution in [0.1, 0.15) is 18.1 Å². The Hall–Kier alpha value is -3.22. The first-order valence-corrected chi connectivity index (χ1v) is 8.00. The number of hydrogen-bond acceptors (Lipinski definition) is 4. The van der Waals surface area contributed by atoms with Crippen molar-refractivity contribution in [3.63, 3.8) is 0 Å². The molecule has 1 aliphatic rings. The van der Waals surface area contributed by atoms with E-state index in [0.717, 1.165) is 4.90 Å². The van der Waals surface area contributed by atoms with E-state index in [2.05, 4.69) is 5.32 Å². The third kappa shape index (κ3) is 3.42. The number of nitrogens with one attached hydrogen (secondary N) is 1. The summed E-state index contributed by atoms with van der Waals surface area (Å²) in [6.45, 7) is 0.930. The lowest BCUT2D eigenvalue weighted by Crippen LogP contribution is -2.41. The quantitative estimate of drug-likeness (QED) is 0.659. The number of rotatable bonds is 5. The van der Waals surface area contributed by atoms with Crippen LogP contribution in [0.2, 0.25) is 0 Å². The molecule has 2 aromatic rings. The summed E-state index contributed by atoms with van der Waals surface area (Å²) in [5.41, 5.74) is -0.139. The van der Waals surface area contributed by atoms with Crippen LogP contribution in [0.4, 0.5) is 9.18 Å². The third-order valence-electron chi connectivity index (χ3n) is 4.20. The fourth-order valence-electron chi connectivity index (χ4n) is 2.77. The maximum atomic E-state index is 13.1. The number of amides is 3. The van der Waals surface area contributed by atoms with Crippen LogP contribution in [0.3, 0.4) is 0 Å². The molecule has 1 N–H and O–H groups in total. The molecule has 1 saturated heterocycles. The summed E-state index contributed by atoms with van der Waals surface area (Å²) in [6.07, 6.45) is 0. The monoisotopic (exact) mass is 356 g/mol. The Bertz CT molecular complexity index is 856. The normalized spacial score (nSPS) is 19.4. The molecule has 0 aliphatic carbocycles. The number of carbonyl (C=O) groups is 3. The smallest absolute Gasteiger partial charge is 0.326 e. The van der Waals surface area contributed by atoms with Crippen LogP contribution in [0.25, 0.3) is 0 Å². The lowest BCUT2D eigenvalue weighted by Gasteiger charge is -2.21. The molecule has 7 heteroatoms. The van der Waals surface area contributed by atoms with Crippen molar-refractivity contribution in [3.8, 4) is 0 Å². The molecule has 3 amide bonds. The van der Waals surface area contributed by atoms with Crippen LogP contribution in [0, 0.1) is 5.82 Å². The second-order valence-electron chi connectivity index (χ2n) is 6.10. The van der Waals surface area contributed by atoms with E-state index >= 15 is 0 Å². The van der Waals surface area contributed by atoms with Gasteiger partial charge in [0, 0.05) is 0 Å². The average Bonchev–Trinajstić information content (AvgIpc) is 2.85. The van der Waals surface area contributed by atoms with Crippen molar-refractivity contribution < 1.29 is 23.5 Å². The lowest BCUT2D eigenvalue weighted by atomic mass is 9.92. The minimum atomic E-state index is -1.23. The zero-order chi connectivity index (χ0) is 18.7. The Balaban J connectivity index is 1.65. The Labute approximate surface area is 149 Å². The number of esters is 1. The van der Waals surface area contributed by atoms with E-state index in [4.69, 9.17) is 4.74 Å². The molecule has 6 nitrogen and oxygen atoms in total. The van der Waals surface area contributed by atoms with Gasteiger partial charge in [-0.1, -0.05) is 42.5 Å². The summed E-state index contributed by atoms with van der Waals surface area (Å²) in [5, 5.41) is 2.61. The first-order valence-electron chi connectivity index (χ1n) is 8.00. The fourth-order valence-corrected chi connectivity index (χ4v) is 2.77. The van der Waals surface area contributed by atoms with Gasteiger partial charge in [-0.25, -0.2) is 9.18 Å². The van der Waals surface area contributed by atoms with Gasteiger partial charge in [0.1, 0.15) is 24.5 Å². The van der Waals surface area contributed by atoms with Gasteiger partial charge >= 0.3 is 12.0 Å². The highest BCUT2D eigenvalue weighted by molar-refractivity contribution is 6.08. The first kappa shape index (κ1) is 17.6. The SMILES string of the molecule is C[C@@]1(c2ccccc2)NC(=O)N(CC(=O)OCc2cccc(F)c2)C1=O. The molecule has 26 heavy (non-hydrogen) atoms. The second-order valence-corrected chi connectivity index (χ2v) is 6.10. The first-order chi connectivity index (χ1) is 12.4. The molecule has 0 saturated carbocycles. The number of halogens is 1. The molecule has 1 fully saturated rings. The van der Waals surface area contributed by atoms with Crippen LogP contribution in [-0.2, 0) is 26.5 Å². The summed E-state index contributed by atoms with van der Waals surface area (Å²) in [4.78, 5) is 37.7. The summed E-state index contributed by atoms with van der Waals surface area (Å²) >= 11 is 0. The largest absolute Gasteiger partial charge is 0.459 e. The van der Waals surface area contributed by atoms with Gasteiger partial charge in [0.15, 0.2) is 0 Å². The van der Waals surface area contributed by atoms with Crippen LogP contribution in [0.5, 0.6) is 0 Å². The maximum absolute atomic E-state index is 13.1. The highest BCUT2D eigenvalue weighted by atomic mass is 19.1. The van der Waals surface area contributed by atoms with Gasteiger partial charge in [0.25, 0.3) is 5.91 Å². The van der Waals surface area contributed by atoms with Gasteiger partial charge < -0.3 is 10.1 Å². The molecule has 1 aliphatic heterocycles. The molecule has 2 aromatic carbocycles. The minimum Gasteiger partial charge on any atom is -0.459 e. The Morgan fingerprint density at radius 2 is 1.88 bits per heavy atom. The number of hydrogen-bond donors (Lipinski definition) is 1. The van der Waals surface area contributed by atoms with E-state index in [0.29, 0.717) is 11.1 Å². The van der Waals surface area contributed by atoms with Gasteiger partial charge in [-0.05, 0) is 30.2 Å². The summed E-state index contributed by atoms with van der Waals surface area (Å²) in [5.74, 6) is -1.72. The molecule has 1 atom stereocenters. The van der Waals surface area contributed by atoms with E-state index in [-0.39, 0.29) is 6.61 Å². The van der Waals surface area contributed by atoms with Crippen LogP contribution >= 0.6 is 0 Å². The van der Waals surface area contributed by atoms with Gasteiger partial charge in [-0.2, -0.15) is 0 Å². The molecule has 0 radical (unpaired) electrons. The van der Waals surface area contributed by atoms with Crippen LogP contribution < -0.4 is 5.32 Å². The van der Waals surface area contributed by atoms with Crippen molar-refractivity contribution >= 4 is 17.9 Å². The maximum Gasteiger partial charge on any atom is 0.326 e. The number of urea groups is 1. The van der Waals surface area contributed by atoms with E-state index in [9.17, 15) is 18.8 Å². The van der Waals surface area contributed by atoms with E-state index < -0.39 is 35.8 Å². The van der Waals surface area contributed by atoms with Crippen molar-refractivity contribution in [2.45, 2.75) is 19.1 Å². The van der Waals surface area contributed by atoms with E-state index in [1.807, 2.05) is 0 Å². The molecule has 3 rings (SSSR count). The van der Waals surface area contributed by atoms with Crippen molar-refractivity contribution in [1.82, 2.24) is 10.2 Å². The highest BCUT2D eigenvalue weighted by Gasteiger charge is 2.49. The molecule has 0 spiro atoms. The zero-order valence-corrected chi connectivity index (χ0v) is 14.1. The Morgan fingerprint density at radius 1 is 1.15 bits per heavy atom. The van der Waals surface area contributed by atoms with Crippen molar-refractivity contribution in [1.29, 1.82) is 0 Å². The molecule has 0 bridgehead atoms. The number of benzene rings is 2. The highest BCUT2D eigenvalue weighted by Crippen LogP contribution is 2.28. The van der Waals surface area contributed by atoms with Crippen LogP contribution in [-0.4, -0.2) is 29.4 Å². The molecular formula is C19H17FN2O4. The minimum absolute atomic E-state index is 0.143. The number of nitrogens with zero attached hydrogens (tertiary/aromatic N) is 1. The Kier molecular flexibility index (Phi) is 4.71. The van der Waals surface area contributed by atoms with E-state index in [1.165, 1.54) is 18.2 Å². The van der Waals surface area contributed by atoms with Gasteiger partial charge in [0.05, 0.1) is 0 Å². The average molecular weight is 356 g/mol. The summed E-state index contributed by atoms with van der Waals surface area (Å²) < 4.78 is 18.2. The van der Waals surface area contributed by atoms with Crippen molar-refractivity contribution in [2.75, 3.05) is 6.54 Å². The van der Waals surface area contributed by atoms with Gasteiger partial charge in [0.2, 0.25) is 0 Å². The van der Waals surface area contributed by atoms with Crippen LogP contribution in [0.15, 0.2) is 54.6 Å². The third-order valence-corrected chi connectivity index (χ3v) is 4.20. The Morgan fingerprint density at radius 3 is 2.58 bits per heavy atom. The zero-order valence-electron chi connectivity index (χ0n) is 14.1. The second kappa shape index (κ2) is 6.95. The predicted molar refractivity (Wildman–Crippen MR) is 90.2 cm³/mol. The summed E-state index contributed by atoms with van der Waals surface area (Å²) in [7, 11) is 0. The van der Waals surface area contributed by atoms with Crippen molar-refractivity contribution in [3.05, 3.63) is 71.5 Å². The molecule has 134 valence electrons. The molecule has 1 heterocycles.